The lowest BCUT2D eigenvalue weighted by Gasteiger charge is -2.32. The van der Waals surface area contributed by atoms with Gasteiger partial charge in [-0.15, -0.1) is 0 Å². The SMILES string of the molecule is COC1CCN(CC2CCCN2)CC1. The largest absolute Gasteiger partial charge is 0.381 e. The van der Waals surface area contributed by atoms with Crippen molar-refractivity contribution in [1.82, 2.24) is 10.2 Å². The van der Waals surface area contributed by atoms with Crippen LogP contribution < -0.4 is 5.32 Å². The Morgan fingerprint density at radius 3 is 2.64 bits per heavy atom. The van der Waals surface area contributed by atoms with Gasteiger partial charge in [0.05, 0.1) is 6.10 Å². The highest BCUT2D eigenvalue weighted by Gasteiger charge is 2.22. The lowest BCUT2D eigenvalue weighted by molar-refractivity contribution is 0.0390. The number of nitrogens with zero attached hydrogens (tertiary/aromatic N) is 1. The minimum atomic E-state index is 0.516. The fraction of sp³-hybridized carbons (Fsp3) is 1.00. The molecule has 3 heteroatoms. The Morgan fingerprint density at radius 2 is 2.07 bits per heavy atom. The number of hydrogen-bond acceptors (Lipinski definition) is 3. The van der Waals surface area contributed by atoms with Gasteiger partial charge in [0.2, 0.25) is 0 Å². The zero-order valence-electron chi connectivity index (χ0n) is 9.17. The number of piperidine rings is 1. The molecule has 1 unspecified atom stereocenters. The fourth-order valence-electron chi connectivity index (χ4n) is 2.55. The highest BCUT2D eigenvalue weighted by Crippen LogP contribution is 2.15. The molecule has 0 aromatic heterocycles. The van der Waals surface area contributed by atoms with Crippen molar-refractivity contribution < 1.29 is 4.74 Å². The lowest BCUT2D eigenvalue weighted by Crippen LogP contribution is -2.43. The highest BCUT2D eigenvalue weighted by atomic mass is 16.5. The molecule has 0 bridgehead atoms. The summed E-state index contributed by atoms with van der Waals surface area (Å²) >= 11 is 0. The summed E-state index contributed by atoms with van der Waals surface area (Å²) in [5, 5.41) is 3.56. The summed E-state index contributed by atoms with van der Waals surface area (Å²) in [6.45, 7) is 4.91. The lowest BCUT2D eigenvalue weighted by atomic mass is 10.1. The first-order valence-corrected chi connectivity index (χ1v) is 5.87. The van der Waals surface area contributed by atoms with E-state index >= 15 is 0 Å². The summed E-state index contributed by atoms with van der Waals surface area (Å²) in [6, 6.07) is 0.758. The van der Waals surface area contributed by atoms with Gasteiger partial charge in [0.1, 0.15) is 0 Å². The molecule has 1 atom stereocenters. The molecule has 2 aliphatic heterocycles. The summed E-state index contributed by atoms with van der Waals surface area (Å²) in [6.07, 6.45) is 5.67. The zero-order valence-corrected chi connectivity index (χ0v) is 9.17. The van der Waals surface area contributed by atoms with Crippen LogP contribution in [0.4, 0.5) is 0 Å². The van der Waals surface area contributed by atoms with Crippen LogP contribution in [0.5, 0.6) is 0 Å². The molecule has 0 aromatic carbocycles. The van der Waals surface area contributed by atoms with E-state index < -0.39 is 0 Å². The molecule has 1 N–H and O–H groups in total. The van der Waals surface area contributed by atoms with Crippen LogP contribution in [0.25, 0.3) is 0 Å². The topological polar surface area (TPSA) is 24.5 Å². The van der Waals surface area contributed by atoms with Gasteiger partial charge < -0.3 is 15.0 Å². The molecular weight excluding hydrogens is 176 g/mol. The van der Waals surface area contributed by atoms with Gasteiger partial charge in [-0.1, -0.05) is 0 Å². The molecule has 0 amide bonds. The third kappa shape index (κ3) is 2.69. The second-order valence-corrected chi connectivity index (χ2v) is 4.53. The van der Waals surface area contributed by atoms with Crippen molar-refractivity contribution in [3.63, 3.8) is 0 Å². The minimum absolute atomic E-state index is 0.516. The monoisotopic (exact) mass is 198 g/mol. The predicted octanol–water partition coefficient (Wildman–Crippen LogP) is 0.849. The molecule has 0 aliphatic carbocycles. The van der Waals surface area contributed by atoms with E-state index in [2.05, 4.69) is 10.2 Å². The standard InChI is InChI=1S/C11H22N2O/c1-14-11-4-7-13(8-5-11)9-10-3-2-6-12-10/h10-12H,2-9H2,1H3. The number of ether oxygens (including phenoxy) is 1. The number of likely N-dealkylation sites (tertiary alicyclic amines) is 1. The van der Waals surface area contributed by atoms with Gasteiger partial charge in [0.15, 0.2) is 0 Å². The van der Waals surface area contributed by atoms with Crippen molar-refractivity contribution in [2.45, 2.75) is 37.8 Å². The maximum absolute atomic E-state index is 5.37. The van der Waals surface area contributed by atoms with Gasteiger partial charge >= 0.3 is 0 Å². The van der Waals surface area contributed by atoms with E-state index in [0.717, 1.165) is 6.04 Å². The molecule has 0 spiro atoms. The highest BCUT2D eigenvalue weighted by molar-refractivity contribution is 4.80. The molecule has 2 saturated heterocycles. The Bertz CT molecular complexity index is 161. The van der Waals surface area contributed by atoms with Crippen molar-refractivity contribution in [3.05, 3.63) is 0 Å². The van der Waals surface area contributed by atoms with Crippen molar-refractivity contribution in [3.8, 4) is 0 Å². The van der Waals surface area contributed by atoms with E-state index in [9.17, 15) is 0 Å². The Balaban J connectivity index is 1.67. The van der Waals surface area contributed by atoms with E-state index in [1.807, 2.05) is 7.11 Å². The molecule has 0 aromatic rings. The molecule has 3 nitrogen and oxygen atoms in total. The average Bonchev–Trinajstić information content (AvgIpc) is 2.72. The smallest absolute Gasteiger partial charge is 0.0595 e. The van der Waals surface area contributed by atoms with Gasteiger partial charge in [-0.05, 0) is 32.2 Å². The number of methoxy groups -OCH3 is 1. The van der Waals surface area contributed by atoms with Gasteiger partial charge in [0, 0.05) is 32.8 Å². The minimum Gasteiger partial charge on any atom is -0.381 e. The fourth-order valence-corrected chi connectivity index (χ4v) is 2.55. The summed E-state index contributed by atoms with van der Waals surface area (Å²) in [5.74, 6) is 0. The van der Waals surface area contributed by atoms with Crippen LogP contribution in [-0.2, 0) is 4.74 Å². The van der Waals surface area contributed by atoms with Gasteiger partial charge in [-0.2, -0.15) is 0 Å². The predicted molar refractivity (Wildman–Crippen MR) is 57.5 cm³/mol. The zero-order chi connectivity index (χ0) is 9.80. The summed E-state index contributed by atoms with van der Waals surface area (Å²) in [4.78, 5) is 2.58. The second-order valence-electron chi connectivity index (χ2n) is 4.53. The van der Waals surface area contributed by atoms with Crippen LogP contribution in [0.3, 0.4) is 0 Å². The number of hydrogen-bond donors (Lipinski definition) is 1. The second kappa shape index (κ2) is 5.10. The van der Waals surface area contributed by atoms with Crippen LogP contribution in [-0.4, -0.2) is 50.3 Å². The maximum Gasteiger partial charge on any atom is 0.0595 e. The first kappa shape index (κ1) is 10.4. The van der Waals surface area contributed by atoms with Crippen LogP contribution in [0.15, 0.2) is 0 Å². The first-order chi connectivity index (χ1) is 6.88. The van der Waals surface area contributed by atoms with Crippen molar-refractivity contribution in [1.29, 1.82) is 0 Å². The third-order valence-electron chi connectivity index (χ3n) is 3.51. The van der Waals surface area contributed by atoms with Crippen LogP contribution in [0.1, 0.15) is 25.7 Å². The maximum atomic E-state index is 5.37. The molecule has 2 fully saturated rings. The molecule has 2 heterocycles. The summed E-state index contributed by atoms with van der Waals surface area (Å²) in [7, 11) is 1.83. The molecule has 14 heavy (non-hydrogen) atoms. The quantitative estimate of drug-likeness (QED) is 0.727. The van der Waals surface area contributed by atoms with Crippen molar-refractivity contribution in [2.75, 3.05) is 33.3 Å². The van der Waals surface area contributed by atoms with Crippen LogP contribution >= 0.6 is 0 Å². The van der Waals surface area contributed by atoms with E-state index in [-0.39, 0.29) is 0 Å². The van der Waals surface area contributed by atoms with E-state index in [0.29, 0.717) is 6.10 Å². The Hall–Kier alpha value is -0.120. The van der Waals surface area contributed by atoms with E-state index in [4.69, 9.17) is 4.74 Å². The molecule has 2 rings (SSSR count). The molecular formula is C11H22N2O. The molecule has 0 saturated carbocycles. The molecule has 82 valence electrons. The van der Waals surface area contributed by atoms with Gasteiger partial charge in [-0.3, -0.25) is 0 Å². The molecule has 0 radical (unpaired) electrons. The van der Waals surface area contributed by atoms with Gasteiger partial charge in [0.25, 0.3) is 0 Å². The Kier molecular flexibility index (Phi) is 3.79. The third-order valence-corrected chi connectivity index (χ3v) is 3.51. The number of rotatable bonds is 3. The molecule has 2 aliphatic rings. The van der Waals surface area contributed by atoms with Crippen molar-refractivity contribution in [2.24, 2.45) is 0 Å². The van der Waals surface area contributed by atoms with Crippen LogP contribution in [0.2, 0.25) is 0 Å². The van der Waals surface area contributed by atoms with E-state index in [1.54, 1.807) is 0 Å². The van der Waals surface area contributed by atoms with Crippen LogP contribution in [0, 0.1) is 0 Å². The summed E-state index contributed by atoms with van der Waals surface area (Å²) in [5.41, 5.74) is 0. The summed E-state index contributed by atoms with van der Waals surface area (Å²) < 4.78 is 5.37. The van der Waals surface area contributed by atoms with Gasteiger partial charge in [-0.25, -0.2) is 0 Å². The Morgan fingerprint density at radius 1 is 1.29 bits per heavy atom. The normalized spacial score (nSPS) is 31.1. The Labute approximate surface area is 86.8 Å². The first-order valence-electron chi connectivity index (χ1n) is 5.87. The van der Waals surface area contributed by atoms with E-state index in [1.165, 1.54) is 51.9 Å². The van der Waals surface area contributed by atoms with Crippen molar-refractivity contribution >= 4 is 0 Å². The average molecular weight is 198 g/mol. The number of nitrogens with one attached hydrogen (secondary N) is 1.